The number of alkyl halides is 1. The van der Waals surface area contributed by atoms with Crippen LogP contribution in [0.3, 0.4) is 0 Å². The zero-order valence-corrected chi connectivity index (χ0v) is 11.2. The number of fused-ring (bicyclic) bond motifs is 1. The second-order valence-electron chi connectivity index (χ2n) is 4.47. The van der Waals surface area contributed by atoms with Gasteiger partial charge in [0, 0.05) is 11.8 Å². The van der Waals surface area contributed by atoms with Crippen molar-refractivity contribution in [2.75, 3.05) is 0 Å². The molecule has 0 saturated heterocycles. The summed E-state index contributed by atoms with van der Waals surface area (Å²) >= 11 is 5.96. The van der Waals surface area contributed by atoms with Crippen LogP contribution in [-0.2, 0) is 5.88 Å². The Bertz CT molecular complexity index is 749. The molecule has 1 heterocycles. The van der Waals surface area contributed by atoms with Crippen molar-refractivity contribution in [3.05, 3.63) is 59.7 Å². The predicted molar refractivity (Wildman–Crippen MR) is 75.3 cm³/mol. The van der Waals surface area contributed by atoms with E-state index in [2.05, 4.69) is 11.1 Å². The van der Waals surface area contributed by atoms with Gasteiger partial charge in [0.1, 0.15) is 11.6 Å². The normalized spacial score (nSPS) is 11.1. The van der Waals surface area contributed by atoms with E-state index < -0.39 is 0 Å². The van der Waals surface area contributed by atoms with Crippen LogP contribution in [0.1, 0.15) is 11.4 Å². The molecule has 0 atom stereocenters. The van der Waals surface area contributed by atoms with Gasteiger partial charge in [0.2, 0.25) is 0 Å². The van der Waals surface area contributed by atoms with Crippen molar-refractivity contribution >= 4 is 22.6 Å². The Morgan fingerprint density at radius 1 is 1.21 bits per heavy atom. The van der Waals surface area contributed by atoms with Gasteiger partial charge in [-0.25, -0.2) is 9.37 Å². The lowest BCUT2D eigenvalue weighted by atomic mass is 10.2. The molecule has 0 radical (unpaired) electrons. The highest BCUT2D eigenvalue weighted by Gasteiger charge is 2.12. The third-order valence-electron chi connectivity index (χ3n) is 3.07. The molecule has 0 aliphatic carbocycles. The molecule has 0 spiro atoms. The molecule has 0 fully saturated rings. The average molecular weight is 275 g/mol. The predicted octanol–water partition coefficient (Wildman–Crippen LogP) is 4.21. The topological polar surface area (TPSA) is 17.8 Å². The largest absolute Gasteiger partial charge is 0.295 e. The van der Waals surface area contributed by atoms with Crippen LogP contribution in [0.2, 0.25) is 0 Å². The Hall–Kier alpha value is -1.87. The van der Waals surface area contributed by atoms with Gasteiger partial charge in [-0.2, -0.15) is 0 Å². The fourth-order valence-corrected chi connectivity index (χ4v) is 2.43. The van der Waals surface area contributed by atoms with E-state index in [-0.39, 0.29) is 11.7 Å². The number of imidazole rings is 1. The van der Waals surface area contributed by atoms with Crippen LogP contribution in [-0.4, -0.2) is 9.55 Å². The average Bonchev–Trinajstić information content (AvgIpc) is 2.76. The summed E-state index contributed by atoms with van der Waals surface area (Å²) in [6.07, 6.45) is 0. The first kappa shape index (κ1) is 12.2. The number of aryl methyl sites for hydroxylation is 1. The van der Waals surface area contributed by atoms with Gasteiger partial charge in [-0.15, -0.1) is 11.6 Å². The highest BCUT2D eigenvalue weighted by Crippen LogP contribution is 2.23. The van der Waals surface area contributed by atoms with E-state index in [1.165, 1.54) is 12.1 Å². The summed E-state index contributed by atoms with van der Waals surface area (Å²) in [5.74, 6) is 0.708. The van der Waals surface area contributed by atoms with Crippen molar-refractivity contribution in [1.29, 1.82) is 0 Å². The smallest absolute Gasteiger partial charge is 0.129 e. The zero-order valence-electron chi connectivity index (χ0n) is 10.4. The van der Waals surface area contributed by atoms with Crippen LogP contribution < -0.4 is 0 Å². The molecule has 0 amide bonds. The first-order valence-electron chi connectivity index (χ1n) is 5.99. The molecular formula is C15H12ClFN2. The number of hydrogen-bond acceptors (Lipinski definition) is 1. The molecule has 0 unspecified atom stereocenters. The molecule has 2 nitrogen and oxygen atoms in total. The van der Waals surface area contributed by atoms with Gasteiger partial charge < -0.3 is 0 Å². The Morgan fingerprint density at radius 2 is 2.05 bits per heavy atom. The Labute approximate surface area is 115 Å². The summed E-state index contributed by atoms with van der Waals surface area (Å²) in [5.41, 5.74) is 3.63. The Morgan fingerprint density at radius 3 is 2.79 bits per heavy atom. The molecule has 0 aliphatic rings. The molecule has 2 aromatic carbocycles. The highest BCUT2D eigenvalue weighted by molar-refractivity contribution is 6.17. The molecule has 0 N–H and O–H groups in total. The van der Waals surface area contributed by atoms with Crippen molar-refractivity contribution in [3.63, 3.8) is 0 Å². The minimum Gasteiger partial charge on any atom is -0.295 e. The van der Waals surface area contributed by atoms with Crippen LogP contribution >= 0.6 is 11.6 Å². The summed E-state index contributed by atoms with van der Waals surface area (Å²) in [6, 6.07) is 12.7. The standard InChI is InChI=1S/C15H12ClFN2/c1-10-3-2-4-12(7-10)19-14-6-5-11(17)8-13(14)18-15(19)9-16/h2-8H,9H2,1H3. The fourth-order valence-electron chi connectivity index (χ4n) is 2.25. The second kappa shape index (κ2) is 4.67. The Balaban J connectivity index is 2.32. The monoisotopic (exact) mass is 274 g/mol. The number of halogens is 2. The molecule has 19 heavy (non-hydrogen) atoms. The summed E-state index contributed by atoms with van der Waals surface area (Å²) in [7, 11) is 0. The van der Waals surface area contributed by atoms with Crippen LogP contribution in [0.4, 0.5) is 4.39 Å². The van der Waals surface area contributed by atoms with Gasteiger partial charge in [-0.1, -0.05) is 12.1 Å². The maximum atomic E-state index is 13.3. The van der Waals surface area contributed by atoms with E-state index in [4.69, 9.17) is 11.6 Å². The lowest BCUT2D eigenvalue weighted by Gasteiger charge is -2.08. The van der Waals surface area contributed by atoms with Crippen LogP contribution in [0.5, 0.6) is 0 Å². The van der Waals surface area contributed by atoms with Gasteiger partial charge in [0.15, 0.2) is 0 Å². The summed E-state index contributed by atoms with van der Waals surface area (Å²) in [5, 5.41) is 0. The zero-order chi connectivity index (χ0) is 13.4. The Kier molecular flexibility index (Phi) is 2.99. The number of nitrogens with zero attached hydrogens (tertiary/aromatic N) is 2. The highest BCUT2D eigenvalue weighted by atomic mass is 35.5. The maximum absolute atomic E-state index is 13.3. The van der Waals surface area contributed by atoms with Crippen molar-refractivity contribution in [3.8, 4) is 5.69 Å². The van der Waals surface area contributed by atoms with E-state index in [1.807, 2.05) is 29.7 Å². The van der Waals surface area contributed by atoms with E-state index in [9.17, 15) is 4.39 Å². The number of rotatable bonds is 2. The molecule has 4 heteroatoms. The molecule has 3 aromatic rings. The lowest BCUT2D eigenvalue weighted by Crippen LogP contribution is -1.99. The van der Waals surface area contributed by atoms with Crippen molar-refractivity contribution in [2.24, 2.45) is 0 Å². The number of hydrogen-bond donors (Lipinski definition) is 0. The molecule has 1 aromatic heterocycles. The van der Waals surface area contributed by atoms with E-state index in [0.29, 0.717) is 11.3 Å². The lowest BCUT2D eigenvalue weighted by molar-refractivity contribution is 0.629. The van der Waals surface area contributed by atoms with Crippen LogP contribution in [0, 0.1) is 12.7 Å². The van der Waals surface area contributed by atoms with Gasteiger partial charge in [-0.05, 0) is 36.8 Å². The van der Waals surface area contributed by atoms with Gasteiger partial charge in [0.25, 0.3) is 0 Å². The van der Waals surface area contributed by atoms with Gasteiger partial charge in [0.05, 0.1) is 16.9 Å². The third-order valence-corrected chi connectivity index (χ3v) is 3.30. The van der Waals surface area contributed by atoms with E-state index in [1.54, 1.807) is 6.07 Å². The molecular weight excluding hydrogens is 263 g/mol. The fraction of sp³-hybridized carbons (Fsp3) is 0.133. The van der Waals surface area contributed by atoms with E-state index >= 15 is 0 Å². The quantitative estimate of drug-likeness (QED) is 0.640. The molecule has 0 saturated carbocycles. The second-order valence-corrected chi connectivity index (χ2v) is 4.74. The molecule has 0 bridgehead atoms. The molecule has 3 rings (SSSR count). The summed E-state index contributed by atoms with van der Waals surface area (Å²) in [6.45, 7) is 2.03. The van der Waals surface area contributed by atoms with Crippen LogP contribution in [0.15, 0.2) is 42.5 Å². The van der Waals surface area contributed by atoms with Crippen molar-refractivity contribution in [1.82, 2.24) is 9.55 Å². The number of aromatic nitrogens is 2. The maximum Gasteiger partial charge on any atom is 0.129 e. The van der Waals surface area contributed by atoms with Gasteiger partial charge in [-0.3, -0.25) is 4.57 Å². The van der Waals surface area contributed by atoms with Gasteiger partial charge >= 0.3 is 0 Å². The molecule has 0 aliphatic heterocycles. The first-order chi connectivity index (χ1) is 9.19. The first-order valence-corrected chi connectivity index (χ1v) is 6.52. The summed E-state index contributed by atoms with van der Waals surface area (Å²) in [4.78, 5) is 4.39. The minimum atomic E-state index is -0.289. The SMILES string of the molecule is Cc1cccc(-n2c(CCl)nc3cc(F)ccc32)c1. The van der Waals surface area contributed by atoms with Crippen molar-refractivity contribution < 1.29 is 4.39 Å². The minimum absolute atomic E-state index is 0.282. The third kappa shape index (κ3) is 2.10. The van der Waals surface area contributed by atoms with Crippen LogP contribution in [0.25, 0.3) is 16.7 Å². The number of benzene rings is 2. The van der Waals surface area contributed by atoms with E-state index in [0.717, 1.165) is 16.8 Å². The van der Waals surface area contributed by atoms with Crippen molar-refractivity contribution in [2.45, 2.75) is 12.8 Å². The molecule has 96 valence electrons. The summed E-state index contributed by atoms with van der Waals surface area (Å²) < 4.78 is 15.2.